The monoisotopic (exact) mass is 419 g/mol. The van der Waals surface area contributed by atoms with Gasteiger partial charge in [-0.3, -0.25) is 15.4 Å². The Morgan fingerprint density at radius 1 is 1.40 bits per heavy atom. The van der Waals surface area contributed by atoms with Crippen molar-refractivity contribution in [3.8, 4) is 17.0 Å². The number of hydrogen-bond acceptors (Lipinski definition) is 5. The van der Waals surface area contributed by atoms with Gasteiger partial charge in [0.15, 0.2) is 5.13 Å². The first-order chi connectivity index (χ1) is 11.7. The molecule has 0 spiro atoms. The molecule has 1 aromatic carbocycles. The van der Waals surface area contributed by atoms with Gasteiger partial charge in [-0.25, -0.2) is 9.78 Å². The third-order valence-electron chi connectivity index (χ3n) is 3.52. The minimum Gasteiger partial charge on any atom is -0.492 e. The van der Waals surface area contributed by atoms with Crippen molar-refractivity contribution in [1.29, 1.82) is 0 Å². The van der Waals surface area contributed by atoms with Crippen LogP contribution in [0.2, 0.25) is 5.31 Å². The number of benzene rings is 1. The number of nitrogens with zero attached hydrogens (tertiary/aromatic N) is 1. The Morgan fingerprint density at radius 2 is 2.16 bits per heavy atom. The van der Waals surface area contributed by atoms with Crippen LogP contribution in [-0.4, -0.2) is 31.4 Å². The van der Waals surface area contributed by atoms with Gasteiger partial charge in [-0.05, 0) is 18.2 Å². The molecule has 1 aliphatic rings. The Kier molecular flexibility index (Phi) is 4.88. The molecule has 2 heterocycles. The number of halogens is 1. The highest BCUT2D eigenvalue weighted by atomic mass is 79.9. The number of hydrogen-bond donors (Lipinski definition) is 2. The Bertz CT molecular complexity index is 848. The SMILES string of the molecule is [B]C(C)(C)C(=O)NC(=O)Nc1nc2c(s1)CCOc1cc(Br)ccc1-2. The first kappa shape index (κ1) is 17.9. The lowest BCUT2D eigenvalue weighted by atomic mass is 9.72. The third kappa shape index (κ3) is 4.04. The van der Waals surface area contributed by atoms with Gasteiger partial charge in [-0.1, -0.05) is 29.8 Å². The molecular formula is C16H15BBrN3O3S. The maximum atomic E-state index is 12.0. The van der Waals surface area contributed by atoms with Crippen LogP contribution in [0.15, 0.2) is 22.7 Å². The van der Waals surface area contributed by atoms with Crippen LogP contribution in [0.1, 0.15) is 18.7 Å². The zero-order valence-corrected chi connectivity index (χ0v) is 16.1. The summed E-state index contributed by atoms with van der Waals surface area (Å²) in [7, 11) is 5.66. The Balaban J connectivity index is 1.81. The molecule has 1 aliphatic heterocycles. The number of amides is 3. The van der Waals surface area contributed by atoms with Gasteiger partial charge in [0, 0.05) is 26.6 Å². The number of nitrogens with one attached hydrogen (secondary N) is 2. The maximum Gasteiger partial charge on any atom is 0.327 e. The largest absolute Gasteiger partial charge is 0.492 e. The van der Waals surface area contributed by atoms with Crippen LogP contribution in [0, 0.1) is 0 Å². The summed E-state index contributed by atoms with van der Waals surface area (Å²) in [6.45, 7) is 3.58. The maximum absolute atomic E-state index is 12.0. The molecule has 0 unspecified atom stereocenters. The van der Waals surface area contributed by atoms with Crippen LogP contribution in [0.4, 0.5) is 9.93 Å². The number of thiazole rings is 1. The van der Waals surface area contributed by atoms with Crippen molar-refractivity contribution in [3.63, 3.8) is 0 Å². The standard InChI is InChI=1S/C16H15BBrN3O3S/c1-16(2,17)13(22)20-14(23)21-15-19-12-9-4-3-8(18)7-10(9)24-6-5-11(12)25-15/h3-4,7H,5-6H2,1-2H3,(H2,19,20,21,22,23). The average molecular weight is 420 g/mol. The van der Waals surface area contributed by atoms with Crippen LogP contribution in [-0.2, 0) is 11.2 Å². The molecule has 1 aromatic heterocycles. The molecule has 6 nitrogen and oxygen atoms in total. The van der Waals surface area contributed by atoms with E-state index in [2.05, 4.69) is 31.5 Å². The second-order valence-electron chi connectivity index (χ2n) is 6.16. The fourth-order valence-corrected chi connectivity index (χ4v) is 3.53. The molecule has 3 amide bonds. The first-order valence-corrected chi connectivity index (χ1v) is 9.19. The Morgan fingerprint density at radius 3 is 2.88 bits per heavy atom. The van der Waals surface area contributed by atoms with Gasteiger partial charge in [0.1, 0.15) is 5.75 Å². The van der Waals surface area contributed by atoms with E-state index in [0.717, 1.165) is 26.4 Å². The number of fused-ring (bicyclic) bond motifs is 3. The summed E-state index contributed by atoms with van der Waals surface area (Å²) < 4.78 is 6.68. The van der Waals surface area contributed by atoms with E-state index in [1.807, 2.05) is 18.2 Å². The van der Waals surface area contributed by atoms with E-state index in [9.17, 15) is 9.59 Å². The molecule has 9 heteroatoms. The number of carbonyl (C=O) groups excluding carboxylic acids is 2. The number of carbonyl (C=O) groups is 2. The molecule has 0 saturated carbocycles. The van der Waals surface area contributed by atoms with E-state index in [4.69, 9.17) is 12.6 Å². The lowest BCUT2D eigenvalue weighted by molar-refractivity contribution is -0.122. The van der Waals surface area contributed by atoms with Gasteiger partial charge >= 0.3 is 6.03 Å². The van der Waals surface area contributed by atoms with Crippen molar-refractivity contribution >= 4 is 52.2 Å². The second kappa shape index (κ2) is 6.80. The summed E-state index contributed by atoms with van der Waals surface area (Å²) in [5.74, 6) is 0.182. The zero-order chi connectivity index (χ0) is 18.2. The van der Waals surface area contributed by atoms with E-state index in [-0.39, 0.29) is 0 Å². The normalized spacial score (nSPS) is 13.1. The van der Waals surface area contributed by atoms with E-state index in [1.54, 1.807) is 0 Å². The predicted octanol–water partition coefficient (Wildman–Crippen LogP) is 3.52. The van der Waals surface area contributed by atoms with Crippen LogP contribution in [0.5, 0.6) is 5.75 Å². The topological polar surface area (TPSA) is 80.3 Å². The summed E-state index contributed by atoms with van der Waals surface area (Å²) >= 11 is 4.79. The molecule has 2 radical (unpaired) electrons. The van der Waals surface area contributed by atoms with Gasteiger partial charge in [-0.15, -0.1) is 11.3 Å². The molecule has 25 heavy (non-hydrogen) atoms. The smallest absolute Gasteiger partial charge is 0.327 e. The molecule has 0 atom stereocenters. The van der Waals surface area contributed by atoms with E-state index in [0.29, 0.717) is 18.2 Å². The number of rotatable bonds is 2. The number of urea groups is 1. The fourth-order valence-electron chi connectivity index (χ4n) is 2.24. The van der Waals surface area contributed by atoms with Crippen LogP contribution in [0.3, 0.4) is 0 Å². The summed E-state index contributed by atoms with van der Waals surface area (Å²) in [5, 5.41) is 4.08. The molecule has 3 rings (SSSR count). The van der Waals surface area contributed by atoms with Gasteiger partial charge in [0.2, 0.25) is 5.91 Å². The molecular weight excluding hydrogens is 405 g/mol. The van der Waals surface area contributed by atoms with Crippen LogP contribution >= 0.6 is 27.3 Å². The number of ether oxygens (including phenoxy) is 1. The highest BCUT2D eigenvalue weighted by molar-refractivity contribution is 9.10. The van der Waals surface area contributed by atoms with Gasteiger partial charge in [-0.2, -0.15) is 0 Å². The summed E-state index contributed by atoms with van der Waals surface area (Å²) in [6.07, 6.45) is 0.692. The quantitative estimate of drug-likeness (QED) is 0.729. The molecule has 2 aromatic rings. The van der Waals surface area contributed by atoms with Crippen LogP contribution in [0.25, 0.3) is 11.3 Å². The highest BCUT2D eigenvalue weighted by Crippen LogP contribution is 2.40. The second-order valence-corrected chi connectivity index (χ2v) is 8.16. The summed E-state index contributed by atoms with van der Waals surface area (Å²) in [4.78, 5) is 29.3. The Hall–Kier alpha value is -1.87. The van der Waals surface area contributed by atoms with E-state index >= 15 is 0 Å². The minimum atomic E-state index is -1.14. The summed E-state index contributed by atoms with van der Waals surface area (Å²) in [6, 6.07) is 5.08. The fraction of sp³-hybridized carbons (Fsp3) is 0.312. The average Bonchev–Trinajstić information content (AvgIpc) is 2.81. The zero-order valence-electron chi connectivity index (χ0n) is 13.7. The van der Waals surface area contributed by atoms with Crippen molar-refractivity contribution in [3.05, 3.63) is 27.5 Å². The number of aromatic nitrogens is 1. The van der Waals surface area contributed by atoms with E-state index in [1.165, 1.54) is 25.2 Å². The van der Waals surface area contributed by atoms with Crippen molar-refractivity contribution < 1.29 is 14.3 Å². The van der Waals surface area contributed by atoms with Gasteiger partial charge in [0.05, 0.1) is 20.1 Å². The predicted molar refractivity (Wildman–Crippen MR) is 101 cm³/mol. The molecule has 2 N–H and O–H groups in total. The first-order valence-electron chi connectivity index (χ1n) is 7.58. The Labute approximate surface area is 158 Å². The van der Waals surface area contributed by atoms with Crippen LogP contribution < -0.4 is 15.4 Å². The minimum absolute atomic E-state index is 0.417. The molecule has 128 valence electrons. The molecule has 0 bridgehead atoms. The van der Waals surface area contributed by atoms with Crippen molar-refractivity contribution in [2.24, 2.45) is 0 Å². The lowest BCUT2D eigenvalue weighted by Crippen LogP contribution is -2.39. The summed E-state index contributed by atoms with van der Waals surface area (Å²) in [5.41, 5.74) is 1.66. The van der Waals surface area contributed by atoms with Crippen molar-refractivity contribution in [1.82, 2.24) is 10.3 Å². The third-order valence-corrected chi connectivity index (χ3v) is 5.04. The number of imide groups is 1. The molecule has 0 aliphatic carbocycles. The van der Waals surface area contributed by atoms with E-state index < -0.39 is 17.3 Å². The lowest BCUT2D eigenvalue weighted by Gasteiger charge is -2.16. The number of anilines is 1. The van der Waals surface area contributed by atoms with Crippen molar-refractivity contribution in [2.75, 3.05) is 11.9 Å². The molecule has 0 saturated heterocycles. The van der Waals surface area contributed by atoms with Gasteiger partial charge < -0.3 is 4.74 Å². The van der Waals surface area contributed by atoms with Gasteiger partial charge in [0.25, 0.3) is 0 Å². The molecule has 0 fully saturated rings. The highest BCUT2D eigenvalue weighted by Gasteiger charge is 2.24. The van der Waals surface area contributed by atoms with Crippen molar-refractivity contribution in [2.45, 2.75) is 25.6 Å².